The van der Waals surface area contributed by atoms with E-state index < -0.39 is 0 Å². The molecule has 5 heteroatoms. The van der Waals surface area contributed by atoms with Crippen LogP contribution in [-0.2, 0) is 0 Å². The molecule has 2 aromatic rings. The van der Waals surface area contributed by atoms with Crippen molar-refractivity contribution in [2.75, 3.05) is 18.1 Å². The molecule has 21 heavy (non-hydrogen) atoms. The van der Waals surface area contributed by atoms with Crippen LogP contribution in [0, 0.1) is 6.92 Å². The normalized spacial score (nSPS) is 10.0. The summed E-state index contributed by atoms with van der Waals surface area (Å²) in [6.45, 7) is 1.88. The molecule has 2 amide bonds. The van der Waals surface area contributed by atoms with Crippen LogP contribution in [0.2, 0.25) is 0 Å². The molecular weight excluding hydrogens is 266 g/mol. The molecule has 0 unspecified atom stereocenters. The Morgan fingerprint density at radius 3 is 2.43 bits per heavy atom. The van der Waals surface area contributed by atoms with E-state index >= 15 is 0 Å². The number of benzene rings is 2. The fourth-order valence-electron chi connectivity index (χ4n) is 1.98. The molecule has 0 atom stereocenters. The van der Waals surface area contributed by atoms with Gasteiger partial charge in [-0.25, -0.2) is 0 Å². The van der Waals surface area contributed by atoms with Crippen molar-refractivity contribution in [2.45, 2.75) is 6.92 Å². The fraction of sp³-hybridized carbons (Fsp3) is 0.125. The minimum absolute atomic E-state index is 0.261. The zero-order valence-electron chi connectivity index (χ0n) is 11.9. The lowest BCUT2D eigenvalue weighted by Gasteiger charge is -2.11. The maximum absolute atomic E-state index is 12.3. The summed E-state index contributed by atoms with van der Waals surface area (Å²) >= 11 is 0. The minimum Gasteiger partial charge on any atom is -0.398 e. The van der Waals surface area contributed by atoms with E-state index in [4.69, 9.17) is 5.73 Å². The Morgan fingerprint density at radius 1 is 1.00 bits per heavy atom. The molecule has 0 bridgehead atoms. The predicted octanol–water partition coefficient (Wildman–Crippen LogP) is 2.19. The first-order valence-electron chi connectivity index (χ1n) is 6.51. The van der Waals surface area contributed by atoms with Gasteiger partial charge in [-0.05, 0) is 31.2 Å². The maximum atomic E-state index is 12.3. The van der Waals surface area contributed by atoms with E-state index in [0.717, 1.165) is 5.56 Å². The number of rotatable bonds is 3. The standard InChI is InChI=1S/C16H17N3O2/c1-10-7-8-13(17)12(9-10)16(21)19-14-6-4-3-5-11(14)15(20)18-2/h3-9H,17H2,1-2H3,(H,18,20)(H,19,21). The molecule has 0 radical (unpaired) electrons. The topological polar surface area (TPSA) is 84.2 Å². The minimum atomic E-state index is -0.340. The third kappa shape index (κ3) is 3.20. The van der Waals surface area contributed by atoms with Crippen LogP contribution in [-0.4, -0.2) is 18.9 Å². The van der Waals surface area contributed by atoms with E-state index in [1.165, 1.54) is 0 Å². The van der Waals surface area contributed by atoms with Crippen molar-refractivity contribution in [2.24, 2.45) is 0 Å². The highest BCUT2D eigenvalue weighted by Crippen LogP contribution is 2.19. The van der Waals surface area contributed by atoms with Gasteiger partial charge in [0.05, 0.1) is 16.8 Å². The lowest BCUT2D eigenvalue weighted by molar-refractivity contribution is 0.0964. The summed E-state index contributed by atoms with van der Waals surface area (Å²) in [5, 5.41) is 5.27. The van der Waals surface area contributed by atoms with Crippen LogP contribution in [0.4, 0.5) is 11.4 Å². The number of amides is 2. The Kier molecular flexibility index (Phi) is 4.23. The number of nitrogens with one attached hydrogen (secondary N) is 2. The summed E-state index contributed by atoms with van der Waals surface area (Å²) in [6.07, 6.45) is 0. The van der Waals surface area contributed by atoms with Crippen LogP contribution in [0.1, 0.15) is 26.3 Å². The molecule has 0 aromatic heterocycles. The summed E-state index contributed by atoms with van der Waals surface area (Å²) in [5.74, 6) is -0.601. The summed E-state index contributed by atoms with van der Waals surface area (Å²) in [5.41, 5.74) is 8.41. The van der Waals surface area contributed by atoms with Gasteiger partial charge >= 0.3 is 0 Å². The first-order chi connectivity index (χ1) is 10.0. The van der Waals surface area contributed by atoms with Crippen molar-refractivity contribution in [3.63, 3.8) is 0 Å². The van der Waals surface area contributed by atoms with Crippen molar-refractivity contribution in [1.29, 1.82) is 0 Å². The molecule has 0 spiro atoms. The first-order valence-corrected chi connectivity index (χ1v) is 6.51. The SMILES string of the molecule is CNC(=O)c1ccccc1NC(=O)c1cc(C)ccc1N. The van der Waals surface area contributed by atoms with Gasteiger partial charge in [-0.2, -0.15) is 0 Å². The van der Waals surface area contributed by atoms with Gasteiger partial charge in [0.1, 0.15) is 0 Å². The number of nitrogen functional groups attached to an aromatic ring is 1. The first kappa shape index (κ1) is 14.6. The zero-order valence-corrected chi connectivity index (χ0v) is 11.9. The van der Waals surface area contributed by atoms with E-state index in [-0.39, 0.29) is 11.8 Å². The highest BCUT2D eigenvalue weighted by molar-refractivity contribution is 6.11. The third-order valence-corrected chi connectivity index (χ3v) is 3.10. The highest BCUT2D eigenvalue weighted by atomic mass is 16.2. The van der Waals surface area contributed by atoms with Crippen LogP contribution in [0.5, 0.6) is 0 Å². The number of carbonyl (C=O) groups is 2. The summed E-state index contributed by atoms with van der Waals surface area (Å²) in [6, 6.07) is 12.1. The lowest BCUT2D eigenvalue weighted by Crippen LogP contribution is -2.21. The Hall–Kier alpha value is -2.82. The molecule has 0 fully saturated rings. The molecule has 108 valence electrons. The lowest BCUT2D eigenvalue weighted by atomic mass is 10.1. The quantitative estimate of drug-likeness (QED) is 0.755. The van der Waals surface area contributed by atoms with Crippen LogP contribution in [0.15, 0.2) is 42.5 Å². The van der Waals surface area contributed by atoms with Gasteiger partial charge < -0.3 is 16.4 Å². The van der Waals surface area contributed by atoms with Gasteiger partial charge in [-0.3, -0.25) is 9.59 Å². The molecule has 0 heterocycles. The fourth-order valence-corrected chi connectivity index (χ4v) is 1.98. The molecular formula is C16H17N3O2. The van der Waals surface area contributed by atoms with Gasteiger partial charge in [-0.1, -0.05) is 23.8 Å². The van der Waals surface area contributed by atoms with E-state index in [0.29, 0.717) is 22.5 Å². The average molecular weight is 283 g/mol. The molecule has 2 aromatic carbocycles. The Morgan fingerprint density at radius 2 is 1.71 bits per heavy atom. The number of hydrogen-bond donors (Lipinski definition) is 3. The van der Waals surface area contributed by atoms with Crippen molar-refractivity contribution >= 4 is 23.2 Å². The highest BCUT2D eigenvalue weighted by Gasteiger charge is 2.14. The van der Waals surface area contributed by atoms with Gasteiger partial charge in [0.15, 0.2) is 0 Å². The average Bonchev–Trinajstić information content (AvgIpc) is 2.49. The number of carbonyl (C=O) groups excluding carboxylic acids is 2. The predicted molar refractivity (Wildman–Crippen MR) is 83.4 cm³/mol. The van der Waals surface area contributed by atoms with E-state index in [1.807, 2.05) is 13.0 Å². The monoisotopic (exact) mass is 283 g/mol. The molecule has 2 rings (SSSR count). The molecule has 0 aliphatic rings. The number of nitrogens with two attached hydrogens (primary N) is 1. The Labute approximate surface area is 123 Å². The number of anilines is 2. The van der Waals surface area contributed by atoms with Crippen LogP contribution in [0.25, 0.3) is 0 Å². The maximum Gasteiger partial charge on any atom is 0.257 e. The van der Waals surface area contributed by atoms with Gasteiger partial charge in [0.2, 0.25) is 0 Å². The van der Waals surface area contributed by atoms with Gasteiger partial charge in [0.25, 0.3) is 11.8 Å². The second-order valence-corrected chi connectivity index (χ2v) is 4.67. The summed E-state index contributed by atoms with van der Waals surface area (Å²) < 4.78 is 0. The van der Waals surface area contributed by atoms with E-state index in [9.17, 15) is 9.59 Å². The second-order valence-electron chi connectivity index (χ2n) is 4.67. The van der Waals surface area contributed by atoms with E-state index in [1.54, 1.807) is 43.4 Å². The van der Waals surface area contributed by atoms with Crippen molar-refractivity contribution < 1.29 is 9.59 Å². The molecule has 5 nitrogen and oxygen atoms in total. The third-order valence-electron chi connectivity index (χ3n) is 3.10. The molecule has 0 aliphatic heterocycles. The number of hydrogen-bond acceptors (Lipinski definition) is 3. The largest absolute Gasteiger partial charge is 0.398 e. The van der Waals surface area contributed by atoms with Crippen molar-refractivity contribution in [3.05, 3.63) is 59.2 Å². The number of para-hydroxylation sites is 1. The smallest absolute Gasteiger partial charge is 0.257 e. The Bertz CT molecular complexity index is 696. The second kappa shape index (κ2) is 6.09. The summed E-state index contributed by atoms with van der Waals surface area (Å²) in [4.78, 5) is 24.1. The van der Waals surface area contributed by atoms with Gasteiger partial charge in [-0.15, -0.1) is 0 Å². The zero-order chi connectivity index (χ0) is 15.4. The summed E-state index contributed by atoms with van der Waals surface area (Å²) in [7, 11) is 1.54. The molecule has 0 saturated heterocycles. The van der Waals surface area contributed by atoms with Crippen LogP contribution >= 0.6 is 0 Å². The van der Waals surface area contributed by atoms with E-state index in [2.05, 4.69) is 10.6 Å². The molecule has 0 saturated carbocycles. The molecule has 0 aliphatic carbocycles. The van der Waals surface area contributed by atoms with Gasteiger partial charge in [0, 0.05) is 12.7 Å². The van der Waals surface area contributed by atoms with Crippen LogP contribution in [0.3, 0.4) is 0 Å². The van der Waals surface area contributed by atoms with Crippen molar-refractivity contribution in [1.82, 2.24) is 5.32 Å². The number of aryl methyl sites for hydroxylation is 1. The van der Waals surface area contributed by atoms with Crippen molar-refractivity contribution in [3.8, 4) is 0 Å². The molecule has 4 N–H and O–H groups in total. The Balaban J connectivity index is 2.32. The van der Waals surface area contributed by atoms with Crippen LogP contribution < -0.4 is 16.4 Å².